The highest BCUT2D eigenvalue weighted by atomic mass is 16.3. The van der Waals surface area contributed by atoms with Gasteiger partial charge in [0.05, 0.1) is 6.10 Å². The van der Waals surface area contributed by atoms with Gasteiger partial charge in [-0.1, -0.05) is 39.3 Å². The molecule has 1 atom stereocenters. The van der Waals surface area contributed by atoms with Crippen molar-refractivity contribution in [2.45, 2.75) is 59.5 Å². The van der Waals surface area contributed by atoms with Crippen molar-refractivity contribution in [3.8, 4) is 0 Å². The lowest BCUT2D eigenvalue weighted by Crippen LogP contribution is -2.30. The molecule has 1 unspecified atom stereocenters. The minimum absolute atomic E-state index is 0.0456. The van der Waals surface area contributed by atoms with Crippen LogP contribution in [0.3, 0.4) is 0 Å². The van der Waals surface area contributed by atoms with Crippen LogP contribution in [0.1, 0.15) is 51.3 Å². The molecular formula is C21H34N2O2. The fourth-order valence-corrected chi connectivity index (χ4v) is 2.92. The van der Waals surface area contributed by atoms with Gasteiger partial charge >= 0.3 is 0 Å². The number of aliphatic hydroxyl groups excluding tert-OH is 1. The molecule has 0 radical (unpaired) electrons. The molecule has 0 aliphatic heterocycles. The number of hydrogen-bond acceptors (Lipinski definition) is 3. The van der Waals surface area contributed by atoms with E-state index in [0.717, 1.165) is 41.4 Å². The van der Waals surface area contributed by atoms with E-state index in [-0.39, 0.29) is 11.7 Å². The van der Waals surface area contributed by atoms with Gasteiger partial charge in [-0.3, -0.25) is 4.79 Å². The molecule has 1 heterocycles. The molecule has 0 saturated carbocycles. The summed E-state index contributed by atoms with van der Waals surface area (Å²) in [7, 11) is 2.04. The Morgan fingerprint density at radius 3 is 2.64 bits per heavy atom. The highest BCUT2D eigenvalue weighted by Gasteiger charge is 2.10. The second-order valence-electron chi connectivity index (χ2n) is 6.47. The molecule has 4 nitrogen and oxygen atoms in total. The molecule has 1 aromatic heterocycles. The number of aromatic nitrogens is 1. The van der Waals surface area contributed by atoms with E-state index in [1.807, 2.05) is 52.1 Å². The second-order valence-corrected chi connectivity index (χ2v) is 6.47. The number of likely N-dealkylation sites (N-methyl/N-ethyl adjacent to an activating group) is 1. The molecule has 0 aliphatic carbocycles. The van der Waals surface area contributed by atoms with Gasteiger partial charge in [0, 0.05) is 17.6 Å². The van der Waals surface area contributed by atoms with Gasteiger partial charge in [-0.2, -0.15) is 0 Å². The summed E-state index contributed by atoms with van der Waals surface area (Å²) in [5.41, 5.74) is 1.96. The highest BCUT2D eigenvalue weighted by molar-refractivity contribution is 5.84. The predicted octanol–water partition coefficient (Wildman–Crippen LogP) is 3.89. The maximum Gasteiger partial charge on any atom is 0.256 e. The number of unbranched alkanes of at least 4 members (excludes halogenated alkanes) is 1. The van der Waals surface area contributed by atoms with E-state index >= 15 is 0 Å². The van der Waals surface area contributed by atoms with Crippen LogP contribution in [0.25, 0.3) is 10.8 Å². The highest BCUT2D eigenvalue weighted by Crippen LogP contribution is 2.16. The number of pyridine rings is 1. The van der Waals surface area contributed by atoms with Crippen molar-refractivity contribution in [1.29, 1.82) is 0 Å². The number of H-pyrrole nitrogens is 1. The standard InChI is InChI=1S/C19H28N2O2.C2H6/c1-4-5-11-21(3)13-16(22)10-9-15-12-18-14(2)7-6-8-17(18)19(23)20-15;1-2/h6-8,12,16,22H,4-5,9-11,13H2,1-3H3,(H,20,23);1-2H3. The SMILES string of the molecule is CC.CCCCN(C)CC(O)CCc1cc2c(C)cccc2c(=O)[nH]1. The van der Waals surface area contributed by atoms with Gasteiger partial charge in [-0.15, -0.1) is 0 Å². The number of hydrogen-bond donors (Lipinski definition) is 2. The van der Waals surface area contributed by atoms with Crippen LogP contribution in [0.15, 0.2) is 29.1 Å². The first-order valence-electron chi connectivity index (χ1n) is 9.49. The molecule has 0 fully saturated rings. The summed E-state index contributed by atoms with van der Waals surface area (Å²) in [4.78, 5) is 17.3. The van der Waals surface area contributed by atoms with Crippen LogP contribution in [-0.4, -0.2) is 41.2 Å². The Labute approximate surface area is 151 Å². The zero-order chi connectivity index (χ0) is 18.8. The van der Waals surface area contributed by atoms with Gasteiger partial charge in [0.1, 0.15) is 0 Å². The van der Waals surface area contributed by atoms with E-state index in [1.54, 1.807) is 0 Å². The maximum absolute atomic E-state index is 12.2. The number of rotatable bonds is 8. The monoisotopic (exact) mass is 346 g/mol. The minimum atomic E-state index is -0.368. The summed E-state index contributed by atoms with van der Waals surface area (Å²) in [5.74, 6) is 0. The predicted molar refractivity (Wildman–Crippen MR) is 107 cm³/mol. The lowest BCUT2D eigenvalue weighted by atomic mass is 10.0. The van der Waals surface area contributed by atoms with Crippen molar-refractivity contribution in [1.82, 2.24) is 9.88 Å². The fraction of sp³-hybridized carbons (Fsp3) is 0.571. The average Bonchev–Trinajstić information content (AvgIpc) is 2.61. The van der Waals surface area contributed by atoms with Crippen molar-refractivity contribution in [3.05, 3.63) is 45.9 Å². The summed E-state index contributed by atoms with van der Waals surface area (Å²) in [6.45, 7) is 9.88. The molecule has 1 aromatic carbocycles. The number of fused-ring (bicyclic) bond motifs is 1. The first-order valence-corrected chi connectivity index (χ1v) is 9.49. The molecule has 4 heteroatoms. The number of benzene rings is 1. The van der Waals surface area contributed by atoms with Crippen molar-refractivity contribution in [2.24, 2.45) is 0 Å². The van der Waals surface area contributed by atoms with Crippen LogP contribution in [0.2, 0.25) is 0 Å². The van der Waals surface area contributed by atoms with Crippen molar-refractivity contribution >= 4 is 10.8 Å². The van der Waals surface area contributed by atoms with Gasteiger partial charge in [0.25, 0.3) is 5.56 Å². The summed E-state index contributed by atoms with van der Waals surface area (Å²) >= 11 is 0. The first kappa shape index (κ1) is 21.4. The van der Waals surface area contributed by atoms with E-state index in [0.29, 0.717) is 19.4 Å². The Kier molecular flexibility index (Phi) is 9.46. The number of aromatic amines is 1. The molecule has 140 valence electrons. The number of aryl methyl sites for hydroxylation is 2. The zero-order valence-corrected chi connectivity index (χ0v) is 16.4. The minimum Gasteiger partial charge on any atom is -0.392 e. The molecule has 0 saturated heterocycles. The Balaban J connectivity index is 0.00000151. The number of nitrogens with zero attached hydrogens (tertiary/aromatic N) is 1. The summed E-state index contributed by atoms with van der Waals surface area (Å²) in [6, 6.07) is 7.81. The normalized spacial score (nSPS) is 12.1. The molecule has 0 spiro atoms. The lowest BCUT2D eigenvalue weighted by Gasteiger charge is -2.20. The van der Waals surface area contributed by atoms with Crippen LogP contribution in [-0.2, 0) is 6.42 Å². The zero-order valence-electron chi connectivity index (χ0n) is 16.4. The molecule has 2 aromatic rings. The fourth-order valence-electron chi connectivity index (χ4n) is 2.92. The van der Waals surface area contributed by atoms with Crippen LogP contribution < -0.4 is 5.56 Å². The second kappa shape index (κ2) is 11.1. The van der Waals surface area contributed by atoms with Crippen molar-refractivity contribution in [2.75, 3.05) is 20.1 Å². The maximum atomic E-state index is 12.2. The third-order valence-corrected chi connectivity index (χ3v) is 4.32. The third-order valence-electron chi connectivity index (χ3n) is 4.32. The van der Waals surface area contributed by atoms with Crippen LogP contribution in [0, 0.1) is 6.92 Å². The molecule has 25 heavy (non-hydrogen) atoms. The average molecular weight is 347 g/mol. The van der Waals surface area contributed by atoms with Gasteiger partial charge in [0.2, 0.25) is 0 Å². The number of aliphatic hydroxyl groups is 1. The van der Waals surface area contributed by atoms with E-state index in [4.69, 9.17) is 0 Å². The smallest absolute Gasteiger partial charge is 0.256 e. The van der Waals surface area contributed by atoms with Crippen LogP contribution in [0.5, 0.6) is 0 Å². The molecule has 0 aliphatic rings. The molecule has 0 amide bonds. The van der Waals surface area contributed by atoms with Gasteiger partial charge in [-0.25, -0.2) is 0 Å². The van der Waals surface area contributed by atoms with Crippen molar-refractivity contribution in [3.63, 3.8) is 0 Å². The van der Waals surface area contributed by atoms with E-state index in [9.17, 15) is 9.90 Å². The molecular weight excluding hydrogens is 312 g/mol. The Morgan fingerprint density at radius 2 is 1.96 bits per heavy atom. The van der Waals surface area contributed by atoms with E-state index in [2.05, 4.69) is 16.8 Å². The number of nitrogens with one attached hydrogen (secondary N) is 1. The topological polar surface area (TPSA) is 56.3 Å². The van der Waals surface area contributed by atoms with Crippen molar-refractivity contribution < 1.29 is 5.11 Å². The summed E-state index contributed by atoms with van der Waals surface area (Å²) in [6.07, 6.45) is 3.29. The van der Waals surface area contributed by atoms with Gasteiger partial charge in [0.15, 0.2) is 0 Å². The van der Waals surface area contributed by atoms with E-state index in [1.165, 1.54) is 0 Å². The quantitative estimate of drug-likeness (QED) is 0.762. The Morgan fingerprint density at radius 1 is 1.24 bits per heavy atom. The first-order chi connectivity index (χ1) is 12.0. The summed E-state index contributed by atoms with van der Waals surface area (Å²) < 4.78 is 0. The molecule has 0 bridgehead atoms. The Bertz CT molecular complexity index is 694. The Hall–Kier alpha value is -1.65. The van der Waals surface area contributed by atoms with Gasteiger partial charge < -0.3 is 15.0 Å². The third kappa shape index (κ3) is 6.63. The van der Waals surface area contributed by atoms with Crippen LogP contribution >= 0.6 is 0 Å². The van der Waals surface area contributed by atoms with Crippen LogP contribution in [0.4, 0.5) is 0 Å². The molecule has 2 rings (SSSR count). The largest absolute Gasteiger partial charge is 0.392 e. The summed E-state index contributed by atoms with van der Waals surface area (Å²) in [5, 5.41) is 11.9. The lowest BCUT2D eigenvalue weighted by molar-refractivity contribution is 0.117. The van der Waals surface area contributed by atoms with E-state index < -0.39 is 0 Å². The van der Waals surface area contributed by atoms with Gasteiger partial charge in [-0.05, 0) is 62.9 Å². The molecule has 2 N–H and O–H groups in total.